The van der Waals surface area contributed by atoms with E-state index in [0.717, 1.165) is 13.0 Å². The maximum atomic E-state index is 8.57. The summed E-state index contributed by atoms with van der Waals surface area (Å²) in [5.74, 6) is 0. The molecule has 13 heavy (non-hydrogen) atoms. The smallest absolute Gasteiger partial charge is 0.0972 e. The fraction of sp³-hybridized carbons (Fsp3) is 0.889. The fourth-order valence-corrected chi connectivity index (χ4v) is 0.839. The first-order valence-corrected chi connectivity index (χ1v) is 4.57. The molecule has 0 aromatic heterocycles. The standard InChI is InChI=1S/C9H18N2O2/c1-3-12-6-7-13-5-4-9(8-10)11-2/h9,11H,3-7H2,1-2H3. The molecule has 0 saturated heterocycles. The number of hydrogen-bond acceptors (Lipinski definition) is 4. The maximum Gasteiger partial charge on any atom is 0.0972 e. The van der Waals surface area contributed by atoms with Crippen molar-refractivity contribution in [3.05, 3.63) is 0 Å². The predicted molar refractivity (Wildman–Crippen MR) is 50.4 cm³/mol. The molecule has 1 atom stereocenters. The third-order valence-electron chi connectivity index (χ3n) is 1.63. The quantitative estimate of drug-likeness (QED) is 0.562. The van der Waals surface area contributed by atoms with Crippen LogP contribution in [0, 0.1) is 11.3 Å². The van der Waals surface area contributed by atoms with Crippen LogP contribution in [0.2, 0.25) is 0 Å². The Kier molecular flexibility index (Phi) is 9.00. The predicted octanol–water partition coefficient (Wildman–Crippen LogP) is 0.541. The first-order chi connectivity index (χ1) is 6.35. The number of rotatable bonds is 8. The number of ether oxygens (including phenoxy) is 2. The van der Waals surface area contributed by atoms with E-state index in [0.29, 0.717) is 19.8 Å². The Morgan fingerprint density at radius 2 is 2.00 bits per heavy atom. The van der Waals surface area contributed by atoms with Crippen molar-refractivity contribution in [2.45, 2.75) is 19.4 Å². The maximum absolute atomic E-state index is 8.57. The second-order valence-electron chi connectivity index (χ2n) is 2.57. The van der Waals surface area contributed by atoms with Crippen molar-refractivity contribution < 1.29 is 9.47 Å². The Hall–Kier alpha value is -0.630. The van der Waals surface area contributed by atoms with Crippen LogP contribution >= 0.6 is 0 Å². The van der Waals surface area contributed by atoms with E-state index in [1.54, 1.807) is 7.05 Å². The summed E-state index contributed by atoms with van der Waals surface area (Å²) in [5.41, 5.74) is 0. The van der Waals surface area contributed by atoms with E-state index in [1.807, 2.05) is 6.92 Å². The van der Waals surface area contributed by atoms with Crippen LogP contribution in [0.4, 0.5) is 0 Å². The first-order valence-electron chi connectivity index (χ1n) is 4.57. The Bertz CT molecular complexity index is 145. The zero-order chi connectivity index (χ0) is 9.94. The van der Waals surface area contributed by atoms with Crippen LogP contribution in [0.1, 0.15) is 13.3 Å². The largest absolute Gasteiger partial charge is 0.379 e. The molecule has 0 bridgehead atoms. The van der Waals surface area contributed by atoms with E-state index in [4.69, 9.17) is 14.7 Å². The molecule has 0 aromatic rings. The van der Waals surface area contributed by atoms with Crippen LogP contribution in [0.5, 0.6) is 0 Å². The zero-order valence-electron chi connectivity index (χ0n) is 8.38. The molecule has 0 fully saturated rings. The summed E-state index contributed by atoms with van der Waals surface area (Å²) >= 11 is 0. The lowest BCUT2D eigenvalue weighted by Gasteiger charge is -2.07. The average molecular weight is 186 g/mol. The van der Waals surface area contributed by atoms with Gasteiger partial charge >= 0.3 is 0 Å². The van der Waals surface area contributed by atoms with Crippen molar-refractivity contribution in [2.75, 3.05) is 33.5 Å². The molecule has 0 rings (SSSR count). The van der Waals surface area contributed by atoms with E-state index in [9.17, 15) is 0 Å². The highest BCUT2D eigenvalue weighted by Gasteiger charge is 2.01. The molecule has 0 spiro atoms. The summed E-state index contributed by atoms with van der Waals surface area (Å²) in [4.78, 5) is 0. The Morgan fingerprint density at radius 3 is 2.54 bits per heavy atom. The van der Waals surface area contributed by atoms with Gasteiger partial charge in [0.2, 0.25) is 0 Å². The molecule has 4 heteroatoms. The molecule has 0 heterocycles. The summed E-state index contributed by atoms with van der Waals surface area (Å²) in [7, 11) is 1.77. The van der Waals surface area contributed by atoms with E-state index in [2.05, 4.69) is 11.4 Å². The topological polar surface area (TPSA) is 54.3 Å². The van der Waals surface area contributed by atoms with Gasteiger partial charge in [0.05, 0.1) is 25.3 Å². The van der Waals surface area contributed by atoms with Gasteiger partial charge in [-0.05, 0) is 20.4 Å². The SMILES string of the molecule is CCOCCOCCC(C#N)NC. The lowest BCUT2D eigenvalue weighted by molar-refractivity contribution is 0.0507. The van der Waals surface area contributed by atoms with Gasteiger partial charge in [-0.2, -0.15) is 5.26 Å². The second kappa shape index (κ2) is 9.46. The Morgan fingerprint density at radius 1 is 1.31 bits per heavy atom. The van der Waals surface area contributed by atoms with Gasteiger partial charge in [0.15, 0.2) is 0 Å². The molecular formula is C9H18N2O2. The van der Waals surface area contributed by atoms with Crippen molar-refractivity contribution in [3.8, 4) is 6.07 Å². The summed E-state index contributed by atoms with van der Waals surface area (Å²) < 4.78 is 10.3. The van der Waals surface area contributed by atoms with Gasteiger partial charge in [-0.15, -0.1) is 0 Å². The van der Waals surface area contributed by atoms with Gasteiger partial charge in [0.25, 0.3) is 0 Å². The normalized spacial score (nSPS) is 12.4. The average Bonchev–Trinajstić information content (AvgIpc) is 2.17. The van der Waals surface area contributed by atoms with E-state index in [-0.39, 0.29) is 6.04 Å². The highest BCUT2D eigenvalue weighted by molar-refractivity contribution is 4.87. The Labute approximate surface area is 79.8 Å². The Balaban J connectivity index is 3.11. The molecule has 4 nitrogen and oxygen atoms in total. The number of nitriles is 1. The van der Waals surface area contributed by atoms with Gasteiger partial charge < -0.3 is 14.8 Å². The highest BCUT2D eigenvalue weighted by atomic mass is 16.5. The van der Waals surface area contributed by atoms with Crippen LogP contribution in [-0.2, 0) is 9.47 Å². The zero-order valence-corrected chi connectivity index (χ0v) is 8.38. The van der Waals surface area contributed by atoms with Gasteiger partial charge in [0.1, 0.15) is 0 Å². The lowest BCUT2D eigenvalue weighted by atomic mass is 10.2. The number of hydrogen-bond donors (Lipinski definition) is 1. The lowest BCUT2D eigenvalue weighted by Crippen LogP contribution is -2.24. The third kappa shape index (κ3) is 7.72. The molecule has 1 N–H and O–H groups in total. The van der Waals surface area contributed by atoms with Crippen LogP contribution in [0.25, 0.3) is 0 Å². The molecule has 0 aliphatic carbocycles. The van der Waals surface area contributed by atoms with Gasteiger partial charge in [-0.3, -0.25) is 0 Å². The van der Waals surface area contributed by atoms with Crippen molar-refractivity contribution in [1.29, 1.82) is 5.26 Å². The van der Waals surface area contributed by atoms with Crippen LogP contribution in [-0.4, -0.2) is 39.5 Å². The molecule has 0 radical (unpaired) electrons. The monoisotopic (exact) mass is 186 g/mol. The van der Waals surface area contributed by atoms with Crippen molar-refractivity contribution >= 4 is 0 Å². The fourth-order valence-electron chi connectivity index (χ4n) is 0.839. The van der Waals surface area contributed by atoms with Crippen LogP contribution in [0.3, 0.4) is 0 Å². The molecule has 0 amide bonds. The van der Waals surface area contributed by atoms with Gasteiger partial charge in [0, 0.05) is 13.2 Å². The minimum Gasteiger partial charge on any atom is -0.379 e. The minimum absolute atomic E-state index is 0.105. The third-order valence-corrected chi connectivity index (χ3v) is 1.63. The van der Waals surface area contributed by atoms with Gasteiger partial charge in [-0.25, -0.2) is 0 Å². The van der Waals surface area contributed by atoms with Crippen molar-refractivity contribution in [1.82, 2.24) is 5.32 Å². The summed E-state index contributed by atoms with van der Waals surface area (Å²) in [6.07, 6.45) is 0.721. The molecule has 0 saturated carbocycles. The molecule has 1 unspecified atom stereocenters. The molecule has 0 aromatic carbocycles. The van der Waals surface area contributed by atoms with Crippen molar-refractivity contribution in [2.24, 2.45) is 0 Å². The summed E-state index contributed by atoms with van der Waals surface area (Å²) in [6, 6.07) is 2.03. The summed E-state index contributed by atoms with van der Waals surface area (Å²) in [5, 5.41) is 11.5. The summed E-state index contributed by atoms with van der Waals surface area (Å²) in [6.45, 7) is 4.52. The van der Waals surface area contributed by atoms with Gasteiger partial charge in [-0.1, -0.05) is 0 Å². The molecular weight excluding hydrogens is 168 g/mol. The molecule has 0 aliphatic rings. The number of nitrogens with one attached hydrogen (secondary N) is 1. The van der Waals surface area contributed by atoms with Crippen LogP contribution in [0.15, 0.2) is 0 Å². The van der Waals surface area contributed by atoms with E-state index < -0.39 is 0 Å². The van der Waals surface area contributed by atoms with Crippen LogP contribution < -0.4 is 5.32 Å². The molecule has 0 aliphatic heterocycles. The van der Waals surface area contributed by atoms with E-state index in [1.165, 1.54) is 0 Å². The minimum atomic E-state index is -0.105. The van der Waals surface area contributed by atoms with E-state index >= 15 is 0 Å². The van der Waals surface area contributed by atoms with Crippen molar-refractivity contribution in [3.63, 3.8) is 0 Å². The highest BCUT2D eigenvalue weighted by Crippen LogP contribution is 1.90. The second-order valence-corrected chi connectivity index (χ2v) is 2.57. The number of nitrogens with zero attached hydrogens (tertiary/aromatic N) is 1. The molecule has 76 valence electrons. The first kappa shape index (κ1) is 12.4.